The van der Waals surface area contributed by atoms with Gasteiger partial charge in [-0.05, 0) is 6.07 Å². The summed E-state index contributed by atoms with van der Waals surface area (Å²) in [4.78, 5) is 10.5. The van der Waals surface area contributed by atoms with Crippen LogP contribution >= 0.6 is 0 Å². The van der Waals surface area contributed by atoms with E-state index in [-0.39, 0.29) is 11.7 Å². The standard InChI is InChI=1S/C10H12O3/c1-7(6-11)9-4-3-8(12)5-10(9)13-2/h3-7,12H,1-2H3. The zero-order valence-corrected chi connectivity index (χ0v) is 7.65. The van der Waals surface area contributed by atoms with E-state index in [2.05, 4.69) is 0 Å². The van der Waals surface area contributed by atoms with Gasteiger partial charge in [-0.1, -0.05) is 13.0 Å². The molecule has 0 aliphatic carbocycles. The van der Waals surface area contributed by atoms with Crippen molar-refractivity contribution < 1.29 is 14.6 Å². The minimum atomic E-state index is -0.212. The van der Waals surface area contributed by atoms with E-state index in [1.54, 1.807) is 13.0 Å². The van der Waals surface area contributed by atoms with Crippen LogP contribution in [0.1, 0.15) is 18.4 Å². The number of hydrogen-bond donors (Lipinski definition) is 1. The number of ether oxygens (including phenoxy) is 1. The van der Waals surface area contributed by atoms with Gasteiger partial charge < -0.3 is 14.6 Å². The van der Waals surface area contributed by atoms with Crippen molar-refractivity contribution in [1.29, 1.82) is 0 Å². The predicted octanol–water partition coefficient (Wildman–Crippen LogP) is 1.70. The highest BCUT2D eigenvalue weighted by Crippen LogP contribution is 2.28. The number of benzene rings is 1. The molecule has 3 nitrogen and oxygen atoms in total. The van der Waals surface area contributed by atoms with Crippen molar-refractivity contribution in [3.8, 4) is 11.5 Å². The van der Waals surface area contributed by atoms with Gasteiger partial charge in [-0.15, -0.1) is 0 Å². The molecule has 0 heterocycles. The fourth-order valence-corrected chi connectivity index (χ4v) is 1.15. The second kappa shape index (κ2) is 3.94. The van der Waals surface area contributed by atoms with E-state index in [1.165, 1.54) is 19.2 Å². The van der Waals surface area contributed by atoms with Gasteiger partial charge in [-0.3, -0.25) is 0 Å². The summed E-state index contributed by atoms with van der Waals surface area (Å²) in [6, 6.07) is 4.72. The molecule has 0 saturated heterocycles. The van der Waals surface area contributed by atoms with Crippen LogP contribution in [0.15, 0.2) is 18.2 Å². The maximum atomic E-state index is 10.5. The van der Waals surface area contributed by atoms with Gasteiger partial charge in [0.25, 0.3) is 0 Å². The van der Waals surface area contributed by atoms with Crippen LogP contribution in [0.5, 0.6) is 11.5 Å². The van der Waals surface area contributed by atoms with Crippen LogP contribution in [0.25, 0.3) is 0 Å². The lowest BCUT2D eigenvalue weighted by Crippen LogP contribution is -1.98. The average Bonchev–Trinajstić information content (AvgIpc) is 2.16. The number of aldehydes is 1. The Hall–Kier alpha value is -1.51. The van der Waals surface area contributed by atoms with Crippen LogP contribution < -0.4 is 4.74 Å². The maximum Gasteiger partial charge on any atom is 0.127 e. The zero-order valence-electron chi connectivity index (χ0n) is 7.65. The molecule has 1 unspecified atom stereocenters. The van der Waals surface area contributed by atoms with Crippen molar-refractivity contribution in [3.05, 3.63) is 23.8 Å². The summed E-state index contributed by atoms with van der Waals surface area (Å²) in [7, 11) is 1.51. The van der Waals surface area contributed by atoms with Crippen LogP contribution in [0.4, 0.5) is 0 Å². The van der Waals surface area contributed by atoms with Crippen molar-refractivity contribution in [3.63, 3.8) is 0 Å². The number of rotatable bonds is 3. The van der Waals surface area contributed by atoms with Crippen molar-refractivity contribution in [2.75, 3.05) is 7.11 Å². The van der Waals surface area contributed by atoms with Crippen molar-refractivity contribution in [2.45, 2.75) is 12.8 Å². The molecular weight excluding hydrogens is 168 g/mol. The third-order valence-electron chi connectivity index (χ3n) is 1.91. The molecule has 0 aromatic heterocycles. The molecule has 0 fully saturated rings. The Labute approximate surface area is 77.0 Å². The molecule has 1 aromatic carbocycles. The number of methoxy groups -OCH3 is 1. The second-order valence-electron chi connectivity index (χ2n) is 2.85. The van der Waals surface area contributed by atoms with Crippen molar-refractivity contribution >= 4 is 6.29 Å². The Kier molecular flexibility index (Phi) is 2.90. The first-order valence-electron chi connectivity index (χ1n) is 4.01. The van der Waals surface area contributed by atoms with E-state index in [0.29, 0.717) is 5.75 Å². The number of phenolic OH excluding ortho intramolecular Hbond substituents is 1. The molecule has 1 N–H and O–H groups in total. The Morgan fingerprint density at radius 2 is 2.23 bits per heavy atom. The summed E-state index contributed by atoms with van der Waals surface area (Å²) in [5.41, 5.74) is 0.787. The maximum absolute atomic E-state index is 10.5. The van der Waals surface area contributed by atoms with Gasteiger partial charge in [0.1, 0.15) is 17.8 Å². The van der Waals surface area contributed by atoms with Gasteiger partial charge in [-0.25, -0.2) is 0 Å². The average molecular weight is 180 g/mol. The first kappa shape index (κ1) is 9.58. The minimum Gasteiger partial charge on any atom is -0.508 e. The van der Waals surface area contributed by atoms with Gasteiger partial charge in [0.15, 0.2) is 0 Å². The lowest BCUT2D eigenvalue weighted by molar-refractivity contribution is -0.108. The highest BCUT2D eigenvalue weighted by Gasteiger charge is 2.10. The van der Waals surface area contributed by atoms with Crippen molar-refractivity contribution in [1.82, 2.24) is 0 Å². The second-order valence-corrected chi connectivity index (χ2v) is 2.85. The van der Waals surface area contributed by atoms with Crippen LogP contribution in [-0.2, 0) is 4.79 Å². The number of hydrogen-bond acceptors (Lipinski definition) is 3. The van der Waals surface area contributed by atoms with Gasteiger partial charge in [0.2, 0.25) is 0 Å². The molecule has 1 atom stereocenters. The molecule has 0 saturated carbocycles. The predicted molar refractivity (Wildman–Crippen MR) is 49.1 cm³/mol. The third-order valence-corrected chi connectivity index (χ3v) is 1.91. The van der Waals surface area contributed by atoms with E-state index < -0.39 is 0 Å². The summed E-state index contributed by atoms with van der Waals surface area (Å²) in [6.45, 7) is 1.78. The fraction of sp³-hybridized carbons (Fsp3) is 0.300. The minimum absolute atomic E-state index is 0.138. The van der Waals surface area contributed by atoms with E-state index in [0.717, 1.165) is 11.8 Å². The Morgan fingerprint density at radius 3 is 2.77 bits per heavy atom. The molecule has 3 heteroatoms. The van der Waals surface area contributed by atoms with Crippen LogP contribution in [0.2, 0.25) is 0 Å². The Morgan fingerprint density at radius 1 is 1.54 bits per heavy atom. The van der Waals surface area contributed by atoms with Gasteiger partial charge in [-0.2, -0.15) is 0 Å². The topological polar surface area (TPSA) is 46.5 Å². The summed E-state index contributed by atoms with van der Waals surface area (Å²) >= 11 is 0. The molecule has 70 valence electrons. The number of carbonyl (C=O) groups excluding carboxylic acids is 1. The van der Waals surface area contributed by atoms with Gasteiger partial charge >= 0.3 is 0 Å². The highest BCUT2D eigenvalue weighted by molar-refractivity contribution is 5.64. The van der Waals surface area contributed by atoms with Crippen molar-refractivity contribution in [2.24, 2.45) is 0 Å². The van der Waals surface area contributed by atoms with Gasteiger partial charge in [0.05, 0.1) is 7.11 Å². The van der Waals surface area contributed by atoms with E-state index in [9.17, 15) is 4.79 Å². The normalized spacial score (nSPS) is 12.2. The van der Waals surface area contributed by atoms with Crippen LogP contribution in [-0.4, -0.2) is 18.5 Å². The summed E-state index contributed by atoms with van der Waals surface area (Å²) in [5.74, 6) is 0.467. The number of carbonyl (C=O) groups is 1. The first-order chi connectivity index (χ1) is 6.19. The van der Waals surface area contributed by atoms with E-state index in [1.807, 2.05) is 0 Å². The molecule has 0 bridgehead atoms. The lowest BCUT2D eigenvalue weighted by atomic mass is 10.0. The monoisotopic (exact) mass is 180 g/mol. The summed E-state index contributed by atoms with van der Waals surface area (Å²) in [6.07, 6.45) is 0.842. The van der Waals surface area contributed by atoms with Gasteiger partial charge in [0, 0.05) is 17.5 Å². The summed E-state index contributed by atoms with van der Waals surface area (Å²) in [5, 5.41) is 9.15. The number of phenols is 1. The largest absolute Gasteiger partial charge is 0.508 e. The highest BCUT2D eigenvalue weighted by atomic mass is 16.5. The third kappa shape index (κ3) is 1.99. The van der Waals surface area contributed by atoms with Crippen LogP contribution in [0.3, 0.4) is 0 Å². The zero-order chi connectivity index (χ0) is 9.84. The molecule has 1 rings (SSSR count). The quantitative estimate of drug-likeness (QED) is 0.720. The Bertz CT molecular complexity index is 307. The molecule has 0 aliphatic heterocycles. The van der Waals surface area contributed by atoms with E-state index in [4.69, 9.17) is 9.84 Å². The molecule has 13 heavy (non-hydrogen) atoms. The molecule has 1 aromatic rings. The fourth-order valence-electron chi connectivity index (χ4n) is 1.15. The summed E-state index contributed by atoms with van der Waals surface area (Å²) < 4.78 is 5.03. The smallest absolute Gasteiger partial charge is 0.127 e. The molecular formula is C10H12O3. The Balaban J connectivity index is 3.12. The lowest BCUT2D eigenvalue weighted by Gasteiger charge is -2.10. The molecule has 0 amide bonds. The first-order valence-corrected chi connectivity index (χ1v) is 4.01. The molecule has 0 aliphatic rings. The van der Waals surface area contributed by atoms with Crippen LogP contribution in [0, 0.1) is 0 Å². The van der Waals surface area contributed by atoms with E-state index >= 15 is 0 Å². The molecule has 0 spiro atoms. The number of aromatic hydroxyl groups is 1. The SMILES string of the molecule is COc1cc(O)ccc1C(C)C=O. The molecule has 0 radical (unpaired) electrons.